The third-order valence-electron chi connectivity index (χ3n) is 4.14. The molecule has 1 aromatic heterocycles. The number of hydrogen-bond acceptors (Lipinski definition) is 6. The number of rotatable bonds is 8. The van der Waals surface area contributed by atoms with Gasteiger partial charge in [0.15, 0.2) is 0 Å². The van der Waals surface area contributed by atoms with Crippen LogP contribution in [0.4, 0.5) is 5.95 Å². The van der Waals surface area contributed by atoms with Crippen LogP contribution >= 0.6 is 11.6 Å². The topological polar surface area (TPSA) is 99.6 Å². The summed E-state index contributed by atoms with van der Waals surface area (Å²) in [5.74, 6) is 0.945. The van der Waals surface area contributed by atoms with Crippen LogP contribution in [0, 0.1) is 6.92 Å². The number of aromatic nitrogens is 2. The summed E-state index contributed by atoms with van der Waals surface area (Å²) in [6, 6.07) is 14.9. The zero-order valence-electron chi connectivity index (χ0n) is 15.9. The first kappa shape index (κ1) is 20.6. The molecule has 0 fully saturated rings. The van der Waals surface area contributed by atoms with Crippen molar-refractivity contribution in [2.45, 2.75) is 20.0 Å². The fourth-order valence-corrected chi connectivity index (χ4v) is 2.80. The Hall–Kier alpha value is -3.16. The summed E-state index contributed by atoms with van der Waals surface area (Å²) in [6.45, 7) is 2.05. The van der Waals surface area contributed by atoms with Gasteiger partial charge < -0.3 is 9.84 Å². The average molecular weight is 413 g/mol. The predicted molar refractivity (Wildman–Crippen MR) is 114 cm³/mol. The van der Waals surface area contributed by atoms with E-state index in [-0.39, 0.29) is 24.5 Å². The lowest BCUT2D eigenvalue weighted by Crippen LogP contribution is -2.19. The Morgan fingerprint density at radius 3 is 2.79 bits per heavy atom. The highest BCUT2D eigenvalue weighted by Gasteiger charge is 2.07. The zero-order chi connectivity index (χ0) is 20.6. The summed E-state index contributed by atoms with van der Waals surface area (Å²) in [4.78, 5) is 18.9. The van der Waals surface area contributed by atoms with Crippen molar-refractivity contribution in [3.8, 4) is 5.75 Å². The van der Waals surface area contributed by atoms with Crippen LogP contribution in [-0.4, -0.2) is 27.9 Å². The van der Waals surface area contributed by atoms with Crippen molar-refractivity contribution in [1.82, 2.24) is 9.97 Å². The van der Waals surface area contributed by atoms with E-state index in [0.29, 0.717) is 28.6 Å². The minimum absolute atomic E-state index is 0.104. The number of nitrogens with one attached hydrogen (secondary N) is 2. The fourth-order valence-electron chi connectivity index (χ4n) is 2.67. The molecule has 0 amide bonds. The number of halogens is 1. The number of benzene rings is 2. The second-order valence-electron chi connectivity index (χ2n) is 6.31. The van der Waals surface area contributed by atoms with Crippen LogP contribution < -0.4 is 15.7 Å². The summed E-state index contributed by atoms with van der Waals surface area (Å²) >= 11 is 5.89. The van der Waals surface area contributed by atoms with Gasteiger partial charge in [0.25, 0.3) is 5.56 Å². The molecular formula is C21H21ClN4O3. The highest BCUT2D eigenvalue weighted by molar-refractivity contribution is 6.30. The lowest BCUT2D eigenvalue weighted by atomic mass is 10.2. The standard InChI is InChI=1S/C21H21ClN4O3/c1-14-19(9-10-27)20(28)25-21(24-14)26-23-12-16-3-2-4-18(11-16)29-13-15-5-7-17(22)8-6-15/h2-8,11-12,27H,9-10,13H2,1H3,(H2,24,25,26,28)/b23-12-. The van der Waals surface area contributed by atoms with E-state index in [9.17, 15) is 4.79 Å². The van der Waals surface area contributed by atoms with Gasteiger partial charge in [-0.15, -0.1) is 0 Å². The zero-order valence-corrected chi connectivity index (χ0v) is 16.6. The Morgan fingerprint density at radius 2 is 2.07 bits per heavy atom. The van der Waals surface area contributed by atoms with Gasteiger partial charge in [0.1, 0.15) is 12.4 Å². The number of hydrazone groups is 1. The molecule has 150 valence electrons. The first-order valence-electron chi connectivity index (χ1n) is 9.02. The minimum Gasteiger partial charge on any atom is -0.489 e. The van der Waals surface area contributed by atoms with Crippen molar-refractivity contribution < 1.29 is 9.84 Å². The molecule has 0 aliphatic heterocycles. The van der Waals surface area contributed by atoms with Crippen molar-refractivity contribution >= 4 is 23.8 Å². The van der Waals surface area contributed by atoms with E-state index in [1.54, 1.807) is 13.1 Å². The van der Waals surface area contributed by atoms with Crippen molar-refractivity contribution in [2.75, 3.05) is 12.0 Å². The highest BCUT2D eigenvalue weighted by atomic mass is 35.5. The van der Waals surface area contributed by atoms with Gasteiger partial charge in [0, 0.05) is 23.6 Å². The van der Waals surface area contributed by atoms with Gasteiger partial charge in [-0.05, 0) is 42.3 Å². The molecule has 1 heterocycles. The number of nitrogens with zero attached hydrogens (tertiary/aromatic N) is 2. The quantitative estimate of drug-likeness (QED) is 0.389. The first-order chi connectivity index (χ1) is 14.0. The van der Waals surface area contributed by atoms with E-state index < -0.39 is 0 Å². The van der Waals surface area contributed by atoms with E-state index in [1.807, 2.05) is 48.5 Å². The molecule has 29 heavy (non-hydrogen) atoms. The number of aliphatic hydroxyl groups excluding tert-OH is 1. The smallest absolute Gasteiger partial charge is 0.255 e. The van der Waals surface area contributed by atoms with Gasteiger partial charge in [0.05, 0.1) is 11.9 Å². The number of ether oxygens (including phenoxy) is 1. The number of aryl methyl sites for hydroxylation is 1. The maximum atomic E-state index is 12.0. The molecule has 0 aliphatic carbocycles. The lowest BCUT2D eigenvalue weighted by Gasteiger charge is -2.07. The Kier molecular flexibility index (Phi) is 6.99. The van der Waals surface area contributed by atoms with Crippen LogP contribution in [0.3, 0.4) is 0 Å². The Bertz CT molecular complexity index is 1050. The predicted octanol–water partition coefficient (Wildman–Crippen LogP) is 3.29. The van der Waals surface area contributed by atoms with Crippen LogP contribution in [-0.2, 0) is 13.0 Å². The third kappa shape index (κ3) is 5.91. The van der Waals surface area contributed by atoms with Crippen molar-refractivity contribution in [2.24, 2.45) is 5.10 Å². The van der Waals surface area contributed by atoms with Gasteiger partial charge in [0.2, 0.25) is 5.95 Å². The Labute approximate surface area is 173 Å². The molecule has 0 unspecified atom stereocenters. The van der Waals surface area contributed by atoms with Crippen LogP contribution in [0.2, 0.25) is 5.02 Å². The number of aromatic amines is 1. The largest absolute Gasteiger partial charge is 0.489 e. The SMILES string of the molecule is Cc1nc(N/N=C\c2cccc(OCc3ccc(Cl)cc3)c2)[nH]c(=O)c1CCO. The second-order valence-corrected chi connectivity index (χ2v) is 6.75. The molecule has 2 aromatic carbocycles. The normalized spacial score (nSPS) is 11.0. The van der Waals surface area contributed by atoms with E-state index in [0.717, 1.165) is 11.1 Å². The van der Waals surface area contributed by atoms with Crippen molar-refractivity contribution in [3.05, 3.63) is 86.3 Å². The number of hydrogen-bond donors (Lipinski definition) is 3. The van der Waals surface area contributed by atoms with Crippen molar-refractivity contribution in [3.63, 3.8) is 0 Å². The Balaban J connectivity index is 1.62. The van der Waals surface area contributed by atoms with E-state index in [4.69, 9.17) is 21.4 Å². The molecule has 0 atom stereocenters. The highest BCUT2D eigenvalue weighted by Crippen LogP contribution is 2.16. The van der Waals surface area contributed by atoms with Crippen LogP contribution in [0.1, 0.15) is 22.4 Å². The molecule has 0 radical (unpaired) electrons. The van der Waals surface area contributed by atoms with Crippen LogP contribution in [0.5, 0.6) is 5.75 Å². The summed E-state index contributed by atoms with van der Waals surface area (Å²) in [6.07, 6.45) is 1.87. The minimum atomic E-state index is -0.290. The van der Waals surface area contributed by atoms with Gasteiger partial charge in [-0.3, -0.25) is 9.78 Å². The summed E-state index contributed by atoms with van der Waals surface area (Å²) in [5, 5.41) is 13.8. The average Bonchev–Trinajstić information content (AvgIpc) is 2.71. The molecule has 3 aromatic rings. The molecule has 0 spiro atoms. The third-order valence-corrected chi connectivity index (χ3v) is 4.40. The molecule has 3 rings (SSSR count). The summed E-state index contributed by atoms with van der Waals surface area (Å²) in [5.41, 5.74) is 5.28. The molecular weight excluding hydrogens is 392 g/mol. The molecule has 0 saturated carbocycles. The fraction of sp³-hybridized carbons (Fsp3) is 0.190. The summed E-state index contributed by atoms with van der Waals surface area (Å²) < 4.78 is 5.80. The number of H-pyrrole nitrogens is 1. The molecule has 8 heteroatoms. The maximum Gasteiger partial charge on any atom is 0.255 e. The first-order valence-corrected chi connectivity index (χ1v) is 9.40. The maximum absolute atomic E-state index is 12.0. The van der Waals surface area contributed by atoms with E-state index in [1.165, 1.54) is 0 Å². The van der Waals surface area contributed by atoms with E-state index in [2.05, 4.69) is 20.5 Å². The van der Waals surface area contributed by atoms with Gasteiger partial charge in [-0.1, -0.05) is 35.9 Å². The second kappa shape index (κ2) is 9.86. The molecule has 0 saturated heterocycles. The van der Waals surface area contributed by atoms with Crippen LogP contribution in [0.15, 0.2) is 58.4 Å². The van der Waals surface area contributed by atoms with Gasteiger partial charge in [-0.2, -0.15) is 5.10 Å². The van der Waals surface area contributed by atoms with Gasteiger partial charge >= 0.3 is 0 Å². The lowest BCUT2D eigenvalue weighted by molar-refractivity contribution is 0.298. The molecule has 0 aliphatic rings. The number of anilines is 1. The molecule has 3 N–H and O–H groups in total. The van der Waals surface area contributed by atoms with Gasteiger partial charge in [-0.25, -0.2) is 10.4 Å². The van der Waals surface area contributed by atoms with E-state index >= 15 is 0 Å². The molecule has 7 nitrogen and oxygen atoms in total. The van der Waals surface area contributed by atoms with Crippen molar-refractivity contribution in [1.29, 1.82) is 0 Å². The Morgan fingerprint density at radius 1 is 1.28 bits per heavy atom. The summed E-state index contributed by atoms with van der Waals surface area (Å²) in [7, 11) is 0. The number of aliphatic hydroxyl groups is 1. The molecule has 0 bridgehead atoms. The monoisotopic (exact) mass is 412 g/mol. The van der Waals surface area contributed by atoms with Crippen LogP contribution in [0.25, 0.3) is 0 Å².